The number of hydrogen-bond acceptors (Lipinski definition) is 5. The number of nitrogens with zero attached hydrogens (tertiary/aromatic N) is 3. The van der Waals surface area contributed by atoms with Crippen LogP contribution in [0.3, 0.4) is 0 Å². The molecule has 0 bridgehead atoms. The third-order valence-electron chi connectivity index (χ3n) is 3.58. The first-order valence-electron chi connectivity index (χ1n) is 8.08. The third-order valence-corrected chi connectivity index (χ3v) is 3.58. The molecule has 0 unspecified atom stereocenters. The van der Waals surface area contributed by atoms with Gasteiger partial charge in [-0.05, 0) is 31.6 Å². The minimum absolute atomic E-state index is 0.254. The van der Waals surface area contributed by atoms with Crippen LogP contribution < -0.4 is 10.6 Å². The van der Waals surface area contributed by atoms with Crippen LogP contribution in [0, 0.1) is 0 Å². The van der Waals surface area contributed by atoms with E-state index >= 15 is 0 Å². The number of carbonyl (C=O) groups excluding carboxylic acids is 1. The molecule has 1 amide bonds. The van der Waals surface area contributed by atoms with Gasteiger partial charge in [0.2, 0.25) is 0 Å². The Morgan fingerprint density at radius 2 is 1.92 bits per heavy atom. The second kappa shape index (κ2) is 8.40. The number of rotatable bonds is 7. The smallest absolute Gasteiger partial charge is 0.275 e. The zero-order valence-electron chi connectivity index (χ0n) is 14.7. The fraction of sp³-hybridized carbons (Fsp3) is 0.389. The highest BCUT2D eigenvalue weighted by atomic mass is 16.1. The number of carbonyl (C=O) groups is 1. The monoisotopic (exact) mass is 327 g/mol. The zero-order chi connectivity index (χ0) is 17.5. The normalized spacial score (nSPS) is 10.9. The van der Waals surface area contributed by atoms with Gasteiger partial charge in [0.25, 0.3) is 5.91 Å². The van der Waals surface area contributed by atoms with Crippen LogP contribution in [0.5, 0.6) is 0 Å². The van der Waals surface area contributed by atoms with Gasteiger partial charge < -0.3 is 15.5 Å². The predicted octanol–water partition coefficient (Wildman–Crippen LogP) is 2.83. The molecule has 0 fully saturated rings. The molecule has 6 heteroatoms. The van der Waals surface area contributed by atoms with Crippen molar-refractivity contribution in [3.63, 3.8) is 0 Å². The number of para-hydroxylation sites is 1. The Hall–Kier alpha value is -2.47. The maximum absolute atomic E-state index is 12.4. The summed E-state index contributed by atoms with van der Waals surface area (Å²) in [5.41, 5.74) is 2.21. The molecule has 0 aliphatic rings. The molecule has 1 aromatic heterocycles. The summed E-state index contributed by atoms with van der Waals surface area (Å²) in [6, 6.07) is 7.80. The number of aromatic nitrogens is 2. The Morgan fingerprint density at radius 3 is 2.54 bits per heavy atom. The molecule has 2 rings (SSSR count). The number of amides is 1. The van der Waals surface area contributed by atoms with Gasteiger partial charge in [-0.15, -0.1) is 0 Å². The first kappa shape index (κ1) is 17.9. The van der Waals surface area contributed by atoms with Crippen molar-refractivity contribution < 1.29 is 4.79 Å². The van der Waals surface area contributed by atoms with Crippen molar-refractivity contribution in [1.29, 1.82) is 0 Å². The van der Waals surface area contributed by atoms with Crippen LogP contribution in [0.4, 0.5) is 11.5 Å². The summed E-state index contributed by atoms with van der Waals surface area (Å²) < 4.78 is 0. The molecule has 0 aliphatic heterocycles. The Balaban J connectivity index is 2.00. The molecule has 6 nitrogen and oxygen atoms in total. The lowest BCUT2D eigenvalue weighted by Gasteiger charge is -2.13. The zero-order valence-corrected chi connectivity index (χ0v) is 14.7. The second-order valence-electron chi connectivity index (χ2n) is 6.21. The molecular weight excluding hydrogens is 302 g/mol. The molecule has 0 saturated carbocycles. The highest BCUT2D eigenvalue weighted by Gasteiger charge is 2.12. The molecule has 2 aromatic rings. The van der Waals surface area contributed by atoms with Crippen LogP contribution in [0.25, 0.3) is 0 Å². The van der Waals surface area contributed by atoms with Crippen molar-refractivity contribution in [3.8, 4) is 0 Å². The lowest BCUT2D eigenvalue weighted by molar-refractivity contribution is 0.102. The van der Waals surface area contributed by atoms with E-state index in [4.69, 9.17) is 0 Å². The molecular formula is C18H25N5O. The lowest BCUT2D eigenvalue weighted by atomic mass is 10.0. The van der Waals surface area contributed by atoms with Crippen LogP contribution in [-0.2, 0) is 0 Å². The first-order chi connectivity index (χ1) is 11.5. The lowest BCUT2D eigenvalue weighted by Crippen LogP contribution is -2.21. The van der Waals surface area contributed by atoms with Gasteiger partial charge >= 0.3 is 0 Å². The van der Waals surface area contributed by atoms with Crippen molar-refractivity contribution in [2.24, 2.45) is 0 Å². The van der Waals surface area contributed by atoms with Crippen LogP contribution in [0.2, 0.25) is 0 Å². The number of benzene rings is 1. The minimum Gasteiger partial charge on any atom is -0.368 e. The van der Waals surface area contributed by atoms with E-state index in [0.717, 1.165) is 24.3 Å². The van der Waals surface area contributed by atoms with E-state index in [1.165, 1.54) is 6.20 Å². The standard InChI is InChI=1S/C18H25N5O/c1-13(2)14-7-5-6-8-15(14)22-18(24)16-11-21-17(12-20-16)19-9-10-23(3)4/h5-8,11-13H,9-10H2,1-4H3,(H,19,21)(H,22,24). The maximum Gasteiger partial charge on any atom is 0.275 e. The largest absolute Gasteiger partial charge is 0.368 e. The average molecular weight is 327 g/mol. The molecule has 1 aromatic carbocycles. The van der Waals surface area contributed by atoms with Crippen molar-refractivity contribution in [2.75, 3.05) is 37.8 Å². The maximum atomic E-state index is 12.4. The molecule has 1 heterocycles. The second-order valence-corrected chi connectivity index (χ2v) is 6.21. The molecule has 128 valence electrons. The van der Waals surface area contributed by atoms with Crippen LogP contribution in [0.1, 0.15) is 35.8 Å². The molecule has 0 atom stereocenters. The minimum atomic E-state index is -0.254. The number of likely N-dealkylation sites (N-methyl/N-ethyl adjacent to an activating group) is 1. The van der Waals surface area contributed by atoms with E-state index in [1.807, 2.05) is 38.4 Å². The van der Waals surface area contributed by atoms with E-state index in [2.05, 4.69) is 39.3 Å². The Labute approximate surface area is 143 Å². The molecule has 0 spiro atoms. The summed E-state index contributed by atoms with van der Waals surface area (Å²) in [6.45, 7) is 5.86. The molecule has 0 radical (unpaired) electrons. The van der Waals surface area contributed by atoms with Gasteiger partial charge in [0.15, 0.2) is 0 Å². The predicted molar refractivity (Wildman–Crippen MR) is 97.6 cm³/mol. The number of nitrogens with one attached hydrogen (secondary N) is 2. The van der Waals surface area contributed by atoms with Crippen LogP contribution >= 0.6 is 0 Å². The van der Waals surface area contributed by atoms with E-state index in [-0.39, 0.29) is 5.91 Å². The molecule has 2 N–H and O–H groups in total. The van der Waals surface area contributed by atoms with Gasteiger partial charge in [-0.2, -0.15) is 0 Å². The SMILES string of the molecule is CC(C)c1ccccc1NC(=O)c1cnc(NCCN(C)C)cn1. The van der Waals surface area contributed by atoms with Gasteiger partial charge in [0.05, 0.1) is 12.4 Å². The fourth-order valence-electron chi connectivity index (χ4n) is 2.24. The van der Waals surface area contributed by atoms with Crippen LogP contribution in [-0.4, -0.2) is 48.0 Å². The summed E-state index contributed by atoms with van der Waals surface area (Å²) in [5.74, 6) is 0.738. The first-order valence-corrected chi connectivity index (χ1v) is 8.08. The molecule has 0 saturated heterocycles. The molecule has 0 aliphatic carbocycles. The van der Waals surface area contributed by atoms with Crippen molar-refractivity contribution >= 4 is 17.4 Å². The van der Waals surface area contributed by atoms with Gasteiger partial charge in [-0.1, -0.05) is 32.0 Å². The van der Waals surface area contributed by atoms with Gasteiger partial charge in [0.1, 0.15) is 11.5 Å². The van der Waals surface area contributed by atoms with Crippen molar-refractivity contribution in [3.05, 3.63) is 47.9 Å². The van der Waals surface area contributed by atoms with Crippen LogP contribution in [0.15, 0.2) is 36.7 Å². The summed E-state index contributed by atoms with van der Waals surface area (Å²) in [5, 5.41) is 6.09. The van der Waals surface area contributed by atoms with Crippen molar-refractivity contribution in [2.45, 2.75) is 19.8 Å². The Kier molecular flexibility index (Phi) is 6.26. The Morgan fingerprint density at radius 1 is 1.17 bits per heavy atom. The fourth-order valence-corrected chi connectivity index (χ4v) is 2.24. The van der Waals surface area contributed by atoms with E-state index in [9.17, 15) is 4.79 Å². The molecule has 24 heavy (non-hydrogen) atoms. The van der Waals surface area contributed by atoms with E-state index < -0.39 is 0 Å². The van der Waals surface area contributed by atoms with E-state index in [1.54, 1.807) is 6.20 Å². The highest BCUT2D eigenvalue weighted by molar-refractivity contribution is 6.03. The van der Waals surface area contributed by atoms with Gasteiger partial charge in [-0.25, -0.2) is 9.97 Å². The van der Waals surface area contributed by atoms with Crippen molar-refractivity contribution in [1.82, 2.24) is 14.9 Å². The summed E-state index contributed by atoms with van der Waals surface area (Å²) in [4.78, 5) is 22.9. The Bertz CT molecular complexity index is 667. The average Bonchev–Trinajstić information content (AvgIpc) is 2.55. The topological polar surface area (TPSA) is 70.2 Å². The quantitative estimate of drug-likeness (QED) is 0.818. The van der Waals surface area contributed by atoms with Gasteiger partial charge in [0, 0.05) is 18.8 Å². The van der Waals surface area contributed by atoms with Gasteiger partial charge in [-0.3, -0.25) is 4.79 Å². The number of anilines is 2. The third kappa shape index (κ3) is 5.03. The number of hydrogen-bond donors (Lipinski definition) is 2. The summed E-state index contributed by atoms with van der Waals surface area (Å²) in [7, 11) is 4.02. The summed E-state index contributed by atoms with van der Waals surface area (Å²) in [6.07, 6.45) is 3.07. The van der Waals surface area contributed by atoms with E-state index in [0.29, 0.717) is 17.4 Å². The highest BCUT2D eigenvalue weighted by Crippen LogP contribution is 2.23. The summed E-state index contributed by atoms with van der Waals surface area (Å²) >= 11 is 0.